The van der Waals surface area contributed by atoms with Crippen molar-refractivity contribution in [2.75, 3.05) is 18.0 Å². The van der Waals surface area contributed by atoms with Gasteiger partial charge in [0, 0.05) is 19.3 Å². The van der Waals surface area contributed by atoms with Crippen LogP contribution in [0.25, 0.3) is 12.2 Å². The van der Waals surface area contributed by atoms with Crippen LogP contribution in [0.4, 0.5) is 10.3 Å². The van der Waals surface area contributed by atoms with Gasteiger partial charge in [0.25, 0.3) is 0 Å². The summed E-state index contributed by atoms with van der Waals surface area (Å²) in [5.41, 5.74) is 1.82. The van der Waals surface area contributed by atoms with Gasteiger partial charge in [-0.15, -0.1) is 0 Å². The van der Waals surface area contributed by atoms with Crippen molar-refractivity contribution in [3.05, 3.63) is 53.6 Å². The minimum Gasteiger partial charge on any atom is -0.341 e. The number of benzene rings is 1. The Morgan fingerprint density at radius 2 is 1.71 bits per heavy atom. The quantitative estimate of drug-likeness (QED) is 0.858. The molecule has 1 aromatic heterocycles. The number of piperidine rings is 1. The Hall–Kier alpha value is -2.23. The Kier molecular flexibility index (Phi) is 4.24. The summed E-state index contributed by atoms with van der Waals surface area (Å²) in [7, 11) is 0. The van der Waals surface area contributed by atoms with Gasteiger partial charge in [-0.3, -0.25) is 0 Å². The van der Waals surface area contributed by atoms with E-state index in [1.54, 1.807) is 18.3 Å². The van der Waals surface area contributed by atoms with Gasteiger partial charge in [-0.05, 0) is 49.1 Å². The fourth-order valence-corrected chi connectivity index (χ4v) is 2.46. The summed E-state index contributed by atoms with van der Waals surface area (Å²) < 4.78 is 12.9. The molecule has 2 aromatic rings. The molecule has 1 aromatic carbocycles. The first kappa shape index (κ1) is 13.7. The minimum atomic E-state index is -0.221. The molecule has 1 saturated heterocycles. The van der Waals surface area contributed by atoms with Crippen LogP contribution in [0.1, 0.15) is 30.5 Å². The molecule has 3 rings (SSSR count). The van der Waals surface area contributed by atoms with Crippen LogP contribution in [0.5, 0.6) is 0 Å². The summed E-state index contributed by atoms with van der Waals surface area (Å²) in [5.74, 6) is 0.581. The first-order valence-corrected chi connectivity index (χ1v) is 7.33. The average Bonchev–Trinajstić information content (AvgIpc) is 2.55. The van der Waals surface area contributed by atoms with Gasteiger partial charge in [-0.2, -0.15) is 0 Å². The van der Waals surface area contributed by atoms with E-state index >= 15 is 0 Å². The van der Waals surface area contributed by atoms with Crippen molar-refractivity contribution in [2.24, 2.45) is 0 Å². The average molecular weight is 283 g/mol. The van der Waals surface area contributed by atoms with E-state index in [0.29, 0.717) is 0 Å². The third-order valence-corrected chi connectivity index (χ3v) is 3.62. The van der Waals surface area contributed by atoms with Crippen LogP contribution in [0, 0.1) is 5.82 Å². The summed E-state index contributed by atoms with van der Waals surface area (Å²) in [6.07, 6.45) is 9.37. The molecule has 2 heterocycles. The van der Waals surface area contributed by atoms with Crippen LogP contribution in [0.2, 0.25) is 0 Å². The van der Waals surface area contributed by atoms with Gasteiger partial charge in [-0.1, -0.05) is 18.2 Å². The molecule has 1 aliphatic heterocycles. The van der Waals surface area contributed by atoms with Gasteiger partial charge in [0.2, 0.25) is 5.95 Å². The predicted molar refractivity (Wildman–Crippen MR) is 83.4 cm³/mol. The second-order valence-corrected chi connectivity index (χ2v) is 5.21. The first-order chi connectivity index (χ1) is 10.3. The van der Waals surface area contributed by atoms with Crippen LogP contribution >= 0.6 is 0 Å². The van der Waals surface area contributed by atoms with E-state index in [-0.39, 0.29) is 5.82 Å². The molecular formula is C17H18FN3. The first-order valence-electron chi connectivity index (χ1n) is 7.33. The topological polar surface area (TPSA) is 29.0 Å². The van der Waals surface area contributed by atoms with E-state index in [0.717, 1.165) is 30.3 Å². The standard InChI is InChI=1S/C17H18FN3/c18-15-7-4-14(5-8-15)6-9-16-10-11-19-17(20-16)21-12-2-1-3-13-21/h4-11H,1-3,12-13H2/b9-6+. The van der Waals surface area contributed by atoms with Crippen molar-refractivity contribution >= 4 is 18.1 Å². The highest BCUT2D eigenvalue weighted by molar-refractivity contribution is 5.68. The minimum absolute atomic E-state index is 0.221. The number of rotatable bonds is 3. The third-order valence-electron chi connectivity index (χ3n) is 3.62. The summed E-state index contributed by atoms with van der Waals surface area (Å²) in [6.45, 7) is 2.07. The Balaban J connectivity index is 1.74. The molecule has 0 N–H and O–H groups in total. The summed E-state index contributed by atoms with van der Waals surface area (Å²) in [5, 5.41) is 0. The van der Waals surface area contributed by atoms with E-state index < -0.39 is 0 Å². The molecule has 0 atom stereocenters. The molecule has 1 fully saturated rings. The van der Waals surface area contributed by atoms with E-state index in [9.17, 15) is 4.39 Å². The van der Waals surface area contributed by atoms with Crippen molar-refractivity contribution in [3.8, 4) is 0 Å². The van der Waals surface area contributed by atoms with Crippen LogP contribution < -0.4 is 4.90 Å². The van der Waals surface area contributed by atoms with Gasteiger partial charge in [-0.25, -0.2) is 14.4 Å². The Bertz CT molecular complexity index is 616. The second-order valence-electron chi connectivity index (χ2n) is 5.21. The van der Waals surface area contributed by atoms with E-state index in [2.05, 4.69) is 14.9 Å². The maximum absolute atomic E-state index is 12.9. The Morgan fingerprint density at radius 3 is 2.48 bits per heavy atom. The van der Waals surface area contributed by atoms with Gasteiger partial charge in [0.1, 0.15) is 5.82 Å². The van der Waals surface area contributed by atoms with Crippen molar-refractivity contribution in [3.63, 3.8) is 0 Å². The fourth-order valence-electron chi connectivity index (χ4n) is 2.46. The number of halogens is 1. The predicted octanol–water partition coefficient (Wildman–Crippen LogP) is 3.78. The van der Waals surface area contributed by atoms with Crippen LogP contribution in [0.3, 0.4) is 0 Å². The zero-order valence-electron chi connectivity index (χ0n) is 11.9. The number of hydrogen-bond acceptors (Lipinski definition) is 3. The lowest BCUT2D eigenvalue weighted by molar-refractivity contribution is 0.568. The van der Waals surface area contributed by atoms with Crippen molar-refractivity contribution in [2.45, 2.75) is 19.3 Å². The van der Waals surface area contributed by atoms with Gasteiger partial charge in [0.15, 0.2) is 0 Å². The summed E-state index contributed by atoms with van der Waals surface area (Å²) in [6, 6.07) is 8.29. The molecule has 1 aliphatic rings. The maximum atomic E-state index is 12.9. The summed E-state index contributed by atoms with van der Waals surface area (Å²) >= 11 is 0. The normalized spacial score (nSPS) is 15.6. The largest absolute Gasteiger partial charge is 0.341 e. The van der Waals surface area contributed by atoms with E-state index in [1.807, 2.05) is 18.2 Å². The lowest BCUT2D eigenvalue weighted by Gasteiger charge is -2.26. The zero-order chi connectivity index (χ0) is 14.5. The second kappa shape index (κ2) is 6.48. The van der Waals surface area contributed by atoms with Crippen molar-refractivity contribution < 1.29 is 4.39 Å². The monoisotopic (exact) mass is 283 g/mol. The van der Waals surface area contributed by atoms with Crippen LogP contribution in [-0.4, -0.2) is 23.1 Å². The molecule has 108 valence electrons. The highest BCUT2D eigenvalue weighted by Gasteiger charge is 2.12. The summed E-state index contributed by atoms with van der Waals surface area (Å²) in [4.78, 5) is 11.2. The maximum Gasteiger partial charge on any atom is 0.225 e. The molecule has 0 bridgehead atoms. The lowest BCUT2D eigenvalue weighted by Crippen LogP contribution is -2.31. The number of anilines is 1. The number of aromatic nitrogens is 2. The van der Waals surface area contributed by atoms with E-state index in [1.165, 1.54) is 31.4 Å². The van der Waals surface area contributed by atoms with Crippen molar-refractivity contribution in [1.82, 2.24) is 9.97 Å². The highest BCUT2D eigenvalue weighted by atomic mass is 19.1. The van der Waals surface area contributed by atoms with Gasteiger partial charge in [0.05, 0.1) is 5.69 Å². The lowest BCUT2D eigenvalue weighted by atomic mass is 10.1. The number of nitrogens with zero attached hydrogens (tertiary/aromatic N) is 3. The molecule has 4 heteroatoms. The molecule has 0 aliphatic carbocycles. The fraction of sp³-hybridized carbons (Fsp3) is 0.294. The smallest absolute Gasteiger partial charge is 0.225 e. The molecule has 0 amide bonds. The number of hydrogen-bond donors (Lipinski definition) is 0. The molecular weight excluding hydrogens is 265 g/mol. The SMILES string of the molecule is Fc1ccc(/C=C/c2ccnc(N3CCCCC3)n2)cc1. The zero-order valence-corrected chi connectivity index (χ0v) is 11.9. The van der Waals surface area contributed by atoms with Crippen LogP contribution in [0.15, 0.2) is 36.5 Å². The van der Waals surface area contributed by atoms with Crippen LogP contribution in [-0.2, 0) is 0 Å². The Morgan fingerprint density at radius 1 is 0.952 bits per heavy atom. The third kappa shape index (κ3) is 3.66. The molecule has 0 radical (unpaired) electrons. The molecule has 0 spiro atoms. The van der Waals surface area contributed by atoms with Gasteiger partial charge < -0.3 is 4.90 Å². The molecule has 0 unspecified atom stereocenters. The Labute approximate surface area is 124 Å². The van der Waals surface area contributed by atoms with Gasteiger partial charge >= 0.3 is 0 Å². The molecule has 3 nitrogen and oxygen atoms in total. The molecule has 21 heavy (non-hydrogen) atoms. The molecule has 0 saturated carbocycles. The van der Waals surface area contributed by atoms with Crippen molar-refractivity contribution in [1.29, 1.82) is 0 Å². The van der Waals surface area contributed by atoms with E-state index in [4.69, 9.17) is 0 Å². The highest BCUT2D eigenvalue weighted by Crippen LogP contribution is 2.16.